The maximum atomic E-state index is 14.1. The van der Waals surface area contributed by atoms with E-state index in [2.05, 4.69) is 20.8 Å². The first kappa shape index (κ1) is 53.3. The third-order valence-electron chi connectivity index (χ3n) is 11.6. The first-order chi connectivity index (χ1) is 32.5. The molecule has 0 saturated carbocycles. The summed E-state index contributed by atoms with van der Waals surface area (Å²) in [5.41, 5.74) is 0.591. The van der Waals surface area contributed by atoms with Gasteiger partial charge in [-0.05, 0) is 67.8 Å². The molecule has 0 amide bonds. The summed E-state index contributed by atoms with van der Waals surface area (Å²) in [5, 5.41) is 0. The molecule has 0 radical (unpaired) electrons. The summed E-state index contributed by atoms with van der Waals surface area (Å²) in [7, 11) is 0. The van der Waals surface area contributed by atoms with E-state index in [-0.39, 0.29) is 33.9 Å². The molecule has 0 unspecified atom stereocenters. The van der Waals surface area contributed by atoms with E-state index in [1.54, 1.807) is 78.9 Å². The number of carbonyl (C=O) groups excluding carboxylic acids is 3. The number of benzene rings is 4. The Labute approximate surface area is 396 Å². The highest BCUT2D eigenvalue weighted by atomic mass is 16.6. The quantitative estimate of drug-likeness (QED) is 0.0250. The lowest BCUT2D eigenvalue weighted by molar-refractivity contribution is 0.0652. The number of para-hydroxylation sites is 4. The van der Waals surface area contributed by atoms with Crippen molar-refractivity contribution in [2.75, 3.05) is 19.8 Å². The largest absolute Gasteiger partial charge is 0.493 e. The summed E-state index contributed by atoms with van der Waals surface area (Å²) in [6.45, 7) is 8.02. The number of esters is 3. The van der Waals surface area contributed by atoms with E-state index in [1.807, 2.05) is 0 Å². The van der Waals surface area contributed by atoms with Gasteiger partial charge in [-0.2, -0.15) is 0 Å². The minimum absolute atomic E-state index is 0.118. The minimum atomic E-state index is -0.773. The molecule has 0 aliphatic rings. The molecule has 4 aromatic rings. The van der Waals surface area contributed by atoms with E-state index >= 15 is 0 Å². The molecule has 0 saturated heterocycles. The molecule has 360 valence electrons. The lowest BCUT2D eigenvalue weighted by Gasteiger charge is -2.17. The van der Waals surface area contributed by atoms with Crippen molar-refractivity contribution in [2.45, 2.75) is 175 Å². The van der Waals surface area contributed by atoms with Crippen LogP contribution in [0.2, 0.25) is 0 Å². The van der Waals surface area contributed by atoms with Gasteiger partial charge in [-0.1, -0.05) is 198 Å². The third kappa shape index (κ3) is 20.1. The lowest BCUT2D eigenvalue weighted by Crippen LogP contribution is -2.17. The Hall–Kier alpha value is -5.31. The normalized spacial score (nSPS) is 11.0. The molecule has 0 aliphatic carbocycles. The van der Waals surface area contributed by atoms with Crippen molar-refractivity contribution in [2.24, 2.45) is 0 Å². The SMILES string of the molecule is CCCCCCCCCCOc1ccccc1C(=O)Oc1cccc(OC(=O)c2ccccc2OCCCCCCCCCC)c1OC(=O)c1ccccc1OCCCCCCCCCC. The van der Waals surface area contributed by atoms with Crippen LogP contribution in [0.15, 0.2) is 91.0 Å². The molecule has 0 aliphatic heterocycles. The van der Waals surface area contributed by atoms with Crippen molar-refractivity contribution in [3.05, 3.63) is 108 Å². The van der Waals surface area contributed by atoms with Gasteiger partial charge >= 0.3 is 17.9 Å². The predicted molar refractivity (Wildman–Crippen MR) is 265 cm³/mol. The second-order valence-corrected chi connectivity index (χ2v) is 17.2. The van der Waals surface area contributed by atoms with E-state index in [0.717, 1.165) is 57.8 Å². The molecule has 9 heteroatoms. The highest BCUT2D eigenvalue weighted by Crippen LogP contribution is 2.40. The zero-order valence-electron chi connectivity index (χ0n) is 40.4. The van der Waals surface area contributed by atoms with Gasteiger partial charge in [0.05, 0.1) is 19.8 Å². The van der Waals surface area contributed by atoms with Crippen LogP contribution in [-0.2, 0) is 0 Å². The fourth-order valence-corrected chi connectivity index (χ4v) is 7.75. The van der Waals surface area contributed by atoms with E-state index in [4.69, 9.17) is 28.4 Å². The molecule has 0 aromatic heterocycles. The summed E-state index contributed by atoms with van der Waals surface area (Å²) in [4.78, 5) is 42.0. The summed E-state index contributed by atoms with van der Waals surface area (Å²) in [5.74, 6) is -1.56. The monoisotopic (exact) mass is 907 g/mol. The van der Waals surface area contributed by atoms with Crippen LogP contribution in [-0.4, -0.2) is 37.7 Å². The molecule has 0 heterocycles. The summed E-state index contributed by atoms with van der Waals surface area (Å²) >= 11 is 0. The topological polar surface area (TPSA) is 107 Å². The Bertz CT molecular complexity index is 1880. The zero-order chi connectivity index (χ0) is 46.9. The molecule has 0 N–H and O–H groups in total. The maximum Gasteiger partial charge on any atom is 0.347 e. The van der Waals surface area contributed by atoms with Gasteiger partial charge in [-0.3, -0.25) is 0 Å². The third-order valence-corrected chi connectivity index (χ3v) is 11.6. The highest BCUT2D eigenvalue weighted by Gasteiger charge is 2.26. The number of hydrogen-bond acceptors (Lipinski definition) is 9. The fourth-order valence-electron chi connectivity index (χ4n) is 7.75. The van der Waals surface area contributed by atoms with Crippen molar-refractivity contribution >= 4 is 17.9 Å². The molecule has 66 heavy (non-hydrogen) atoms. The molecule has 4 aromatic carbocycles. The van der Waals surface area contributed by atoms with Gasteiger partial charge in [-0.25, -0.2) is 14.4 Å². The van der Waals surface area contributed by atoms with Gasteiger partial charge in [0.15, 0.2) is 11.5 Å². The Kier molecular flexibility index (Phi) is 26.8. The van der Waals surface area contributed by atoms with E-state index in [0.29, 0.717) is 37.1 Å². The second kappa shape index (κ2) is 33.2. The lowest BCUT2D eigenvalue weighted by atomic mass is 10.1. The van der Waals surface area contributed by atoms with Crippen LogP contribution in [0, 0.1) is 0 Å². The van der Waals surface area contributed by atoms with Crippen LogP contribution in [0.5, 0.6) is 34.5 Å². The molecular formula is C57H78O9. The van der Waals surface area contributed by atoms with Gasteiger partial charge in [0.1, 0.15) is 33.9 Å². The van der Waals surface area contributed by atoms with E-state index in [1.165, 1.54) is 108 Å². The Morgan fingerprint density at radius 3 is 0.879 bits per heavy atom. The molecule has 0 atom stereocenters. The van der Waals surface area contributed by atoms with Gasteiger partial charge in [0, 0.05) is 0 Å². The van der Waals surface area contributed by atoms with Crippen molar-refractivity contribution < 1.29 is 42.8 Å². The van der Waals surface area contributed by atoms with Crippen molar-refractivity contribution in [3.63, 3.8) is 0 Å². The van der Waals surface area contributed by atoms with Crippen molar-refractivity contribution in [1.29, 1.82) is 0 Å². The van der Waals surface area contributed by atoms with Crippen LogP contribution in [0.4, 0.5) is 0 Å². The fraction of sp³-hybridized carbons (Fsp3) is 0.526. The summed E-state index contributed by atoms with van der Waals surface area (Å²) in [6.07, 6.45) is 27.9. The standard InChI is InChI=1S/C57H78O9/c1-4-7-10-13-16-19-22-31-43-61-49-38-28-25-35-46(49)55(58)64-52-41-34-42-53(65-56(59)47-36-26-29-39-50(47)62-44-32-23-20-17-14-11-8-5-2)54(52)66-57(60)48-37-27-30-40-51(48)63-45-33-24-21-18-15-12-9-6-3/h25-30,34-42H,4-24,31-33,43-45H2,1-3H3. The maximum absolute atomic E-state index is 14.1. The minimum Gasteiger partial charge on any atom is -0.493 e. The highest BCUT2D eigenvalue weighted by molar-refractivity contribution is 5.97. The smallest absolute Gasteiger partial charge is 0.347 e. The first-order valence-corrected chi connectivity index (χ1v) is 25.4. The summed E-state index contributed by atoms with van der Waals surface area (Å²) < 4.78 is 36.4. The van der Waals surface area contributed by atoms with Crippen LogP contribution >= 0.6 is 0 Å². The predicted octanol–water partition coefficient (Wildman–Crippen LogP) is 15.9. The number of rotatable bonds is 36. The van der Waals surface area contributed by atoms with Crippen molar-refractivity contribution in [3.8, 4) is 34.5 Å². The summed E-state index contributed by atoms with van der Waals surface area (Å²) in [6, 6.07) is 25.2. The van der Waals surface area contributed by atoms with Crippen LogP contribution in [0.1, 0.15) is 206 Å². The molecule has 9 nitrogen and oxygen atoms in total. The van der Waals surface area contributed by atoms with Crippen LogP contribution in [0.3, 0.4) is 0 Å². The molecule has 0 spiro atoms. The molecular weight excluding hydrogens is 829 g/mol. The molecule has 0 fully saturated rings. The van der Waals surface area contributed by atoms with Gasteiger partial charge in [0.2, 0.25) is 5.75 Å². The van der Waals surface area contributed by atoms with E-state index in [9.17, 15) is 14.4 Å². The van der Waals surface area contributed by atoms with E-state index < -0.39 is 17.9 Å². The number of hydrogen-bond donors (Lipinski definition) is 0. The van der Waals surface area contributed by atoms with Gasteiger partial charge in [0.25, 0.3) is 0 Å². The molecule has 0 bridgehead atoms. The number of unbranched alkanes of at least 4 members (excludes halogenated alkanes) is 21. The van der Waals surface area contributed by atoms with Crippen LogP contribution in [0.25, 0.3) is 0 Å². The molecule has 4 rings (SSSR count). The van der Waals surface area contributed by atoms with Gasteiger partial charge in [-0.15, -0.1) is 0 Å². The Morgan fingerprint density at radius 2 is 0.561 bits per heavy atom. The average molecular weight is 907 g/mol. The van der Waals surface area contributed by atoms with Crippen molar-refractivity contribution in [1.82, 2.24) is 0 Å². The first-order valence-electron chi connectivity index (χ1n) is 25.4. The average Bonchev–Trinajstić information content (AvgIpc) is 3.33. The van der Waals surface area contributed by atoms with Crippen LogP contribution < -0.4 is 28.4 Å². The Balaban J connectivity index is 1.50. The van der Waals surface area contributed by atoms with Gasteiger partial charge < -0.3 is 28.4 Å². The number of carbonyl (C=O) groups is 3. The Morgan fingerprint density at radius 1 is 0.303 bits per heavy atom. The zero-order valence-corrected chi connectivity index (χ0v) is 40.4. The second-order valence-electron chi connectivity index (χ2n) is 17.2. The number of ether oxygens (including phenoxy) is 6.